The molecule has 0 aliphatic carbocycles. The highest BCUT2D eigenvalue weighted by Gasteiger charge is 2.28. The SMILES string of the molecule is COc1ccc(OC)c(NC(=O)C2CCCN(c3nc(C)cc(C)n3)C2)c1. The molecule has 2 heterocycles. The third kappa shape index (κ3) is 4.48. The lowest BCUT2D eigenvalue weighted by Crippen LogP contribution is -2.41. The second-order valence-corrected chi connectivity index (χ2v) is 6.79. The van der Waals surface area contributed by atoms with Gasteiger partial charge in [0.05, 0.1) is 25.8 Å². The summed E-state index contributed by atoms with van der Waals surface area (Å²) in [6, 6.07) is 7.30. The molecule has 1 unspecified atom stereocenters. The van der Waals surface area contributed by atoms with Crippen molar-refractivity contribution in [2.45, 2.75) is 26.7 Å². The second kappa shape index (κ2) is 8.24. The minimum absolute atomic E-state index is 0.0318. The maximum atomic E-state index is 12.9. The predicted molar refractivity (Wildman–Crippen MR) is 105 cm³/mol. The Hall–Kier alpha value is -2.83. The third-order valence-electron chi connectivity index (χ3n) is 4.71. The van der Waals surface area contributed by atoms with Crippen LogP contribution in [0.25, 0.3) is 0 Å². The number of ether oxygens (including phenoxy) is 2. The maximum absolute atomic E-state index is 12.9. The molecule has 1 saturated heterocycles. The number of carbonyl (C=O) groups excluding carboxylic acids is 1. The van der Waals surface area contributed by atoms with Crippen LogP contribution in [0.4, 0.5) is 11.6 Å². The van der Waals surface area contributed by atoms with E-state index in [0.717, 1.165) is 30.8 Å². The normalized spacial score (nSPS) is 16.7. The van der Waals surface area contributed by atoms with Crippen LogP contribution in [0.15, 0.2) is 24.3 Å². The van der Waals surface area contributed by atoms with E-state index in [1.54, 1.807) is 32.4 Å². The fourth-order valence-corrected chi connectivity index (χ4v) is 3.37. The second-order valence-electron chi connectivity index (χ2n) is 6.79. The van der Waals surface area contributed by atoms with Crippen molar-refractivity contribution in [3.8, 4) is 11.5 Å². The Morgan fingerprint density at radius 2 is 1.89 bits per heavy atom. The van der Waals surface area contributed by atoms with E-state index in [4.69, 9.17) is 9.47 Å². The molecule has 1 aliphatic heterocycles. The molecule has 0 radical (unpaired) electrons. The number of carbonyl (C=O) groups is 1. The average Bonchev–Trinajstić information content (AvgIpc) is 2.67. The highest BCUT2D eigenvalue weighted by Crippen LogP contribution is 2.30. The lowest BCUT2D eigenvalue weighted by molar-refractivity contribution is -0.120. The number of rotatable bonds is 5. The van der Waals surface area contributed by atoms with Gasteiger partial charge in [0.1, 0.15) is 11.5 Å². The standard InChI is InChI=1S/C20H26N4O3/c1-13-10-14(2)22-20(21-13)24-9-5-6-15(12-24)19(25)23-17-11-16(26-3)7-8-18(17)27-4/h7-8,10-11,15H,5-6,9,12H2,1-4H3,(H,23,25). The minimum Gasteiger partial charge on any atom is -0.497 e. The van der Waals surface area contributed by atoms with Gasteiger partial charge in [0.25, 0.3) is 0 Å². The maximum Gasteiger partial charge on any atom is 0.229 e. The fraction of sp³-hybridized carbons (Fsp3) is 0.450. The van der Waals surface area contributed by atoms with E-state index < -0.39 is 0 Å². The van der Waals surface area contributed by atoms with Gasteiger partial charge in [-0.05, 0) is 44.9 Å². The molecule has 1 aromatic heterocycles. The van der Waals surface area contributed by atoms with E-state index >= 15 is 0 Å². The van der Waals surface area contributed by atoms with Gasteiger partial charge in [-0.3, -0.25) is 4.79 Å². The van der Waals surface area contributed by atoms with Crippen molar-refractivity contribution in [2.24, 2.45) is 5.92 Å². The third-order valence-corrected chi connectivity index (χ3v) is 4.71. The van der Waals surface area contributed by atoms with Crippen LogP contribution < -0.4 is 19.7 Å². The molecule has 0 bridgehead atoms. The first-order valence-corrected chi connectivity index (χ1v) is 9.10. The van der Waals surface area contributed by atoms with Crippen LogP contribution in [0.1, 0.15) is 24.2 Å². The van der Waals surface area contributed by atoms with Crippen molar-refractivity contribution < 1.29 is 14.3 Å². The summed E-state index contributed by atoms with van der Waals surface area (Å²) in [4.78, 5) is 24.0. The summed E-state index contributed by atoms with van der Waals surface area (Å²) in [5.74, 6) is 1.80. The van der Waals surface area contributed by atoms with Crippen molar-refractivity contribution in [1.82, 2.24) is 9.97 Å². The van der Waals surface area contributed by atoms with E-state index in [2.05, 4.69) is 20.2 Å². The van der Waals surface area contributed by atoms with Gasteiger partial charge in [-0.1, -0.05) is 0 Å². The van der Waals surface area contributed by atoms with E-state index in [1.165, 1.54) is 0 Å². The molecule has 1 amide bonds. The number of hydrogen-bond donors (Lipinski definition) is 1. The molecule has 1 atom stereocenters. The number of benzene rings is 1. The van der Waals surface area contributed by atoms with Crippen molar-refractivity contribution >= 4 is 17.5 Å². The summed E-state index contributed by atoms with van der Waals surface area (Å²) in [6.45, 7) is 5.37. The zero-order chi connectivity index (χ0) is 19.4. The molecule has 2 aromatic rings. The predicted octanol–water partition coefficient (Wildman–Crippen LogP) is 2.97. The largest absolute Gasteiger partial charge is 0.497 e. The monoisotopic (exact) mass is 370 g/mol. The molecule has 144 valence electrons. The zero-order valence-corrected chi connectivity index (χ0v) is 16.3. The lowest BCUT2D eigenvalue weighted by Gasteiger charge is -2.32. The quantitative estimate of drug-likeness (QED) is 0.872. The molecule has 1 aromatic carbocycles. The van der Waals surface area contributed by atoms with E-state index in [0.29, 0.717) is 29.7 Å². The molecule has 1 N–H and O–H groups in total. The van der Waals surface area contributed by atoms with E-state index in [1.807, 2.05) is 19.9 Å². The number of nitrogens with zero attached hydrogens (tertiary/aromatic N) is 3. The first-order valence-electron chi connectivity index (χ1n) is 9.10. The van der Waals surface area contributed by atoms with Crippen LogP contribution in [-0.4, -0.2) is 43.2 Å². The first-order chi connectivity index (χ1) is 13.0. The van der Waals surface area contributed by atoms with Crippen LogP contribution in [0.3, 0.4) is 0 Å². The number of anilines is 2. The van der Waals surface area contributed by atoms with E-state index in [9.17, 15) is 4.79 Å². The topological polar surface area (TPSA) is 76.6 Å². The molecule has 7 nitrogen and oxygen atoms in total. The Labute approximate surface area is 159 Å². The van der Waals surface area contributed by atoms with Crippen LogP contribution in [0.2, 0.25) is 0 Å². The fourth-order valence-electron chi connectivity index (χ4n) is 3.37. The summed E-state index contributed by atoms with van der Waals surface area (Å²) < 4.78 is 10.6. The Bertz CT molecular complexity index is 805. The summed E-state index contributed by atoms with van der Waals surface area (Å²) in [5.41, 5.74) is 2.48. The molecule has 3 rings (SSSR count). The Morgan fingerprint density at radius 3 is 2.56 bits per heavy atom. The van der Waals surface area contributed by atoms with Crippen LogP contribution in [0.5, 0.6) is 11.5 Å². The van der Waals surface area contributed by atoms with Crippen LogP contribution in [0, 0.1) is 19.8 Å². The summed E-state index contributed by atoms with van der Waals surface area (Å²) in [6.07, 6.45) is 1.75. The van der Waals surface area contributed by atoms with Crippen molar-refractivity contribution in [1.29, 1.82) is 0 Å². The lowest BCUT2D eigenvalue weighted by atomic mass is 9.97. The molecule has 1 fully saturated rings. The first kappa shape index (κ1) is 18.9. The van der Waals surface area contributed by atoms with Crippen molar-refractivity contribution in [2.75, 3.05) is 37.5 Å². The van der Waals surface area contributed by atoms with Gasteiger partial charge in [0, 0.05) is 30.5 Å². The molecule has 27 heavy (non-hydrogen) atoms. The van der Waals surface area contributed by atoms with Crippen molar-refractivity contribution in [3.05, 3.63) is 35.7 Å². The van der Waals surface area contributed by atoms with Gasteiger partial charge in [0.15, 0.2) is 0 Å². The summed E-state index contributed by atoms with van der Waals surface area (Å²) >= 11 is 0. The summed E-state index contributed by atoms with van der Waals surface area (Å²) in [5, 5.41) is 2.99. The molecule has 7 heteroatoms. The molecular formula is C20H26N4O3. The zero-order valence-electron chi connectivity index (χ0n) is 16.3. The smallest absolute Gasteiger partial charge is 0.229 e. The molecule has 0 spiro atoms. The Kier molecular flexibility index (Phi) is 5.78. The van der Waals surface area contributed by atoms with Gasteiger partial charge in [-0.25, -0.2) is 9.97 Å². The highest BCUT2D eigenvalue weighted by molar-refractivity contribution is 5.94. The molecule has 1 aliphatic rings. The number of methoxy groups -OCH3 is 2. The van der Waals surface area contributed by atoms with Gasteiger partial charge >= 0.3 is 0 Å². The Morgan fingerprint density at radius 1 is 1.15 bits per heavy atom. The number of piperidine rings is 1. The Balaban J connectivity index is 1.73. The van der Waals surface area contributed by atoms with Crippen LogP contribution in [-0.2, 0) is 4.79 Å². The van der Waals surface area contributed by atoms with E-state index in [-0.39, 0.29) is 11.8 Å². The summed E-state index contributed by atoms with van der Waals surface area (Å²) in [7, 11) is 3.17. The average molecular weight is 370 g/mol. The highest BCUT2D eigenvalue weighted by atomic mass is 16.5. The number of nitrogens with one attached hydrogen (secondary N) is 1. The van der Waals surface area contributed by atoms with Gasteiger partial charge in [0.2, 0.25) is 11.9 Å². The number of aromatic nitrogens is 2. The number of hydrogen-bond acceptors (Lipinski definition) is 6. The number of amides is 1. The minimum atomic E-state index is -0.140. The van der Waals surface area contributed by atoms with Gasteiger partial charge in [-0.15, -0.1) is 0 Å². The number of aryl methyl sites for hydroxylation is 2. The molecule has 0 saturated carbocycles. The molecular weight excluding hydrogens is 344 g/mol. The van der Waals surface area contributed by atoms with Gasteiger partial charge < -0.3 is 19.7 Å². The van der Waals surface area contributed by atoms with Crippen LogP contribution >= 0.6 is 0 Å². The van der Waals surface area contributed by atoms with Gasteiger partial charge in [-0.2, -0.15) is 0 Å². The van der Waals surface area contributed by atoms with Crippen molar-refractivity contribution in [3.63, 3.8) is 0 Å².